The molecule has 2 aromatic heterocycles. The lowest BCUT2D eigenvalue weighted by Gasteiger charge is -2.15. The fraction of sp³-hybridized carbons (Fsp3) is 0.250. The average Bonchev–Trinajstić information content (AvgIpc) is 3.41. The van der Waals surface area contributed by atoms with Crippen molar-refractivity contribution in [3.05, 3.63) is 86.6 Å². The van der Waals surface area contributed by atoms with Gasteiger partial charge in [0.05, 0.1) is 18.4 Å². The molecule has 0 bridgehead atoms. The van der Waals surface area contributed by atoms with Crippen LogP contribution in [0.2, 0.25) is 0 Å². The van der Waals surface area contributed by atoms with E-state index in [1.54, 1.807) is 6.92 Å². The van der Waals surface area contributed by atoms with Gasteiger partial charge in [-0.3, -0.25) is 14.2 Å². The van der Waals surface area contributed by atoms with Crippen molar-refractivity contribution < 1.29 is 37.7 Å². The predicted molar refractivity (Wildman–Crippen MR) is 122 cm³/mol. The van der Waals surface area contributed by atoms with Crippen LogP contribution in [-0.4, -0.2) is 45.4 Å². The normalized spacial score (nSPS) is 14.7. The molecular formula is C24H20FN3O9. The minimum absolute atomic E-state index is 0.00757. The van der Waals surface area contributed by atoms with Gasteiger partial charge in [0.25, 0.3) is 11.5 Å². The molecule has 0 aliphatic carbocycles. The second-order valence-corrected chi connectivity index (χ2v) is 7.67. The first kappa shape index (κ1) is 25.4. The number of hydrogen-bond acceptors (Lipinski definition) is 10. The number of aromatic nitrogens is 3. The lowest BCUT2D eigenvalue weighted by atomic mass is 10.1. The first-order valence-corrected chi connectivity index (χ1v) is 11.1. The van der Waals surface area contributed by atoms with Crippen molar-refractivity contribution in [2.75, 3.05) is 13.2 Å². The maximum atomic E-state index is 14.3. The third kappa shape index (κ3) is 5.62. The third-order valence-electron chi connectivity index (χ3n) is 5.20. The molecule has 1 aliphatic rings. The first-order valence-electron chi connectivity index (χ1n) is 11.1. The maximum Gasteiger partial charge on any atom is 0.513 e. The second-order valence-electron chi connectivity index (χ2n) is 7.67. The Labute approximate surface area is 207 Å². The zero-order valence-corrected chi connectivity index (χ0v) is 19.4. The molecule has 1 aromatic carbocycles. The highest BCUT2D eigenvalue weighted by molar-refractivity contribution is 5.99. The Morgan fingerprint density at radius 3 is 2.65 bits per heavy atom. The Balaban J connectivity index is 1.58. The van der Waals surface area contributed by atoms with Crippen molar-refractivity contribution in [1.82, 2.24) is 14.1 Å². The molecule has 0 N–H and O–H groups in total. The molecule has 1 atom stereocenters. The van der Waals surface area contributed by atoms with Gasteiger partial charge in [-0.2, -0.15) is 8.96 Å². The van der Waals surface area contributed by atoms with E-state index in [2.05, 4.69) is 9.72 Å². The summed E-state index contributed by atoms with van der Waals surface area (Å²) in [5.41, 5.74) is -2.88. The molecule has 1 aliphatic heterocycles. The smallest absolute Gasteiger partial charge is 0.434 e. The highest BCUT2D eigenvalue weighted by Crippen LogP contribution is 2.21. The molecule has 192 valence electrons. The topological polar surface area (TPSA) is 145 Å². The van der Waals surface area contributed by atoms with E-state index in [4.69, 9.17) is 14.2 Å². The third-order valence-corrected chi connectivity index (χ3v) is 5.20. The van der Waals surface area contributed by atoms with Crippen LogP contribution in [0, 0.1) is 5.82 Å². The van der Waals surface area contributed by atoms with Gasteiger partial charge in [-0.05, 0) is 44.0 Å². The molecule has 1 unspecified atom stereocenters. The zero-order valence-electron chi connectivity index (χ0n) is 19.4. The monoisotopic (exact) mass is 513 g/mol. The zero-order chi connectivity index (χ0) is 26.5. The number of pyridine rings is 1. The molecule has 4 rings (SSSR count). The molecule has 1 saturated heterocycles. The lowest BCUT2D eigenvalue weighted by molar-refractivity contribution is 0.0501. The summed E-state index contributed by atoms with van der Waals surface area (Å²) in [6.07, 6.45) is 1.22. The van der Waals surface area contributed by atoms with Gasteiger partial charge < -0.3 is 18.9 Å². The Hall–Kier alpha value is -4.65. The summed E-state index contributed by atoms with van der Waals surface area (Å²) in [5, 5.41) is 0. The van der Waals surface area contributed by atoms with Crippen LogP contribution in [0.25, 0.3) is 0 Å². The van der Waals surface area contributed by atoms with E-state index in [-0.39, 0.29) is 33.9 Å². The van der Waals surface area contributed by atoms with Crippen molar-refractivity contribution in [2.45, 2.75) is 26.0 Å². The lowest BCUT2D eigenvalue weighted by Crippen LogP contribution is -2.46. The SMILES string of the molecule is CCOC(=O)Oc1ccnc(OC(=O)c2cccc(C(=O)n3c(=O)c(F)cn(C4CCCO4)c3=O)c2)c1. The number of ether oxygens (including phenoxy) is 4. The average molecular weight is 513 g/mol. The number of benzene rings is 1. The van der Waals surface area contributed by atoms with Crippen molar-refractivity contribution in [3.8, 4) is 11.6 Å². The van der Waals surface area contributed by atoms with Gasteiger partial charge in [0.2, 0.25) is 11.7 Å². The molecule has 0 saturated carbocycles. The van der Waals surface area contributed by atoms with Gasteiger partial charge >= 0.3 is 17.8 Å². The fourth-order valence-electron chi connectivity index (χ4n) is 3.52. The van der Waals surface area contributed by atoms with Gasteiger partial charge in [0.15, 0.2) is 0 Å². The molecule has 0 amide bonds. The number of carbonyl (C=O) groups excluding carboxylic acids is 3. The van der Waals surface area contributed by atoms with Gasteiger partial charge in [-0.15, -0.1) is 0 Å². The number of hydrogen-bond donors (Lipinski definition) is 0. The van der Waals surface area contributed by atoms with Crippen LogP contribution in [0.15, 0.2) is 58.4 Å². The summed E-state index contributed by atoms with van der Waals surface area (Å²) in [5.74, 6) is -3.61. The fourth-order valence-corrected chi connectivity index (χ4v) is 3.52. The van der Waals surface area contributed by atoms with Crippen LogP contribution in [-0.2, 0) is 9.47 Å². The summed E-state index contributed by atoms with van der Waals surface area (Å²) in [7, 11) is 0. The number of nitrogens with zero attached hydrogens (tertiary/aromatic N) is 3. The Kier molecular flexibility index (Phi) is 7.53. The van der Waals surface area contributed by atoms with Crippen LogP contribution in [0.1, 0.15) is 46.7 Å². The van der Waals surface area contributed by atoms with Crippen LogP contribution in [0.4, 0.5) is 9.18 Å². The van der Waals surface area contributed by atoms with Crippen LogP contribution >= 0.6 is 0 Å². The minimum Gasteiger partial charge on any atom is -0.434 e. The number of halogens is 1. The summed E-state index contributed by atoms with van der Waals surface area (Å²) in [6, 6.07) is 7.48. The predicted octanol–water partition coefficient (Wildman–Crippen LogP) is 2.30. The van der Waals surface area contributed by atoms with E-state index >= 15 is 0 Å². The largest absolute Gasteiger partial charge is 0.513 e. The summed E-state index contributed by atoms with van der Waals surface area (Å²) in [6.45, 7) is 2.05. The Morgan fingerprint density at radius 1 is 1.14 bits per heavy atom. The van der Waals surface area contributed by atoms with E-state index in [0.717, 1.165) is 10.6 Å². The number of rotatable bonds is 6. The van der Waals surface area contributed by atoms with Crippen molar-refractivity contribution in [3.63, 3.8) is 0 Å². The van der Waals surface area contributed by atoms with Gasteiger partial charge in [0.1, 0.15) is 12.0 Å². The van der Waals surface area contributed by atoms with Crippen LogP contribution in [0.3, 0.4) is 0 Å². The molecule has 3 aromatic rings. The maximum absolute atomic E-state index is 14.3. The molecule has 37 heavy (non-hydrogen) atoms. The molecule has 12 nitrogen and oxygen atoms in total. The van der Waals surface area contributed by atoms with E-state index in [9.17, 15) is 28.4 Å². The van der Waals surface area contributed by atoms with Crippen molar-refractivity contribution in [2.24, 2.45) is 0 Å². The summed E-state index contributed by atoms with van der Waals surface area (Å²) >= 11 is 0. The Morgan fingerprint density at radius 2 is 1.92 bits per heavy atom. The highest BCUT2D eigenvalue weighted by atomic mass is 19.1. The highest BCUT2D eigenvalue weighted by Gasteiger charge is 2.25. The molecule has 3 heterocycles. The molecular weight excluding hydrogens is 493 g/mol. The van der Waals surface area contributed by atoms with Gasteiger partial charge in [0, 0.05) is 24.4 Å². The van der Waals surface area contributed by atoms with Crippen LogP contribution in [0.5, 0.6) is 11.6 Å². The standard InChI is InChI=1S/C24H20FN3O9/c1-2-34-24(33)36-16-8-9-26-18(12-16)37-22(31)15-6-3-5-14(11-15)20(29)28-21(30)17(25)13-27(23(28)32)19-7-4-10-35-19/h3,5-6,8-9,11-13,19H,2,4,7,10H2,1H3. The summed E-state index contributed by atoms with van der Waals surface area (Å²) < 4.78 is 35.5. The van der Waals surface area contributed by atoms with Gasteiger partial charge in [-0.1, -0.05) is 6.07 Å². The molecule has 0 radical (unpaired) electrons. The van der Waals surface area contributed by atoms with E-state index in [0.29, 0.717) is 25.6 Å². The van der Waals surface area contributed by atoms with Crippen molar-refractivity contribution >= 4 is 18.0 Å². The van der Waals surface area contributed by atoms with Gasteiger partial charge in [-0.25, -0.2) is 19.4 Å². The number of carbonyl (C=O) groups is 3. The van der Waals surface area contributed by atoms with Crippen LogP contribution < -0.4 is 20.7 Å². The minimum atomic E-state index is -1.43. The molecule has 13 heteroatoms. The Bertz CT molecular complexity index is 1470. The molecule has 1 fully saturated rings. The first-order chi connectivity index (χ1) is 17.8. The second kappa shape index (κ2) is 11.0. The molecule has 0 spiro atoms. The van der Waals surface area contributed by atoms with E-state index in [1.807, 2.05) is 0 Å². The van der Waals surface area contributed by atoms with E-state index in [1.165, 1.54) is 36.5 Å². The van der Waals surface area contributed by atoms with E-state index < -0.39 is 41.3 Å². The summed E-state index contributed by atoms with van der Waals surface area (Å²) in [4.78, 5) is 66.3. The quantitative estimate of drug-likeness (QED) is 0.450. The van der Waals surface area contributed by atoms with Crippen molar-refractivity contribution in [1.29, 1.82) is 0 Å². The number of esters is 1.